The van der Waals surface area contributed by atoms with E-state index in [1.807, 2.05) is 0 Å². The minimum atomic E-state index is 0.0172. The fourth-order valence-corrected chi connectivity index (χ4v) is 8.13. The maximum Gasteiger partial charge on any atom is 0.139 e. The average Bonchev–Trinajstić information content (AvgIpc) is 2.79. The van der Waals surface area contributed by atoms with Crippen LogP contribution in [0.5, 0.6) is 0 Å². The van der Waals surface area contributed by atoms with E-state index in [1.165, 1.54) is 32.1 Å². The smallest absolute Gasteiger partial charge is 0.139 e. The molecule has 4 fully saturated rings. The first-order valence-corrected chi connectivity index (χ1v) is 10.4. The highest BCUT2D eigenvalue weighted by molar-refractivity contribution is 5.87. The van der Waals surface area contributed by atoms with Crippen molar-refractivity contribution in [3.05, 3.63) is 0 Å². The van der Waals surface area contributed by atoms with Gasteiger partial charge in [0.2, 0.25) is 0 Å². The van der Waals surface area contributed by atoms with Gasteiger partial charge in [-0.2, -0.15) is 0 Å². The molecule has 1 heteroatoms. The maximum atomic E-state index is 12.7. The molecule has 0 saturated heterocycles. The number of fused-ring (bicyclic) bond motifs is 5. The molecule has 4 saturated carbocycles. The second-order valence-corrected chi connectivity index (χ2v) is 10.3. The van der Waals surface area contributed by atoms with Crippen molar-refractivity contribution in [1.29, 1.82) is 0 Å². The summed E-state index contributed by atoms with van der Waals surface area (Å²) < 4.78 is 0. The molecular formula is C22H36O. The minimum absolute atomic E-state index is 0.0172. The first-order chi connectivity index (χ1) is 10.8. The van der Waals surface area contributed by atoms with Crippen LogP contribution in [-0.4, -0.2) is 5.78 Å². The predicted octanol–water partition coefficient (Wildman–Crippen LogP) is 5.58. The number of rotatable bonds is 0. The van der Waals surface area contributed by atoms with Crippen molar-refractivity contribution in [2.24, 2.45) is 58.7 Å². The molecule has 0 N–H and O–H groups in total. The average molecular weight is 317 g/mol. The molecule has 0 spiro atoms. The summed E-state index contributed by atoms with van der Waals surface area (Å²) in [5, 5.41) is 0. The Morgan fingerprint density at radius 2 is 1.65 bits per heavy atom. The zero-order valence-electron chi connectivity index (χ0n) is 15.8. The van der Waals surface area contributed by atoms with Crippen molar-refractivity contribution >= 4 is 5.78 Å². The lowest BCUT2D eigenvalue weighted by Crippen LogP contribution is -2.57. The highest BCUT2D eigenvalue weighted by Gasteiger charge is 2.61. The Kier molecular flexibility index (Phi) is 3.75. The highest BCUT2D eigenvalue weighted by atomic mass is 16.1. The minimum Gasteiger partial charge on any atom is -0.299 e. The van der Waals surface area contributed by atoms with Gasteiger partial charge in [-0.25, -0.2) is 0 Å². The summed E-state index contributed by atoms with van der Waals surface area (Å²) in [5.41, 5.74) is 0.0172. The van der Waals surface area contributed by atoms with Gasteiger partial charge in [-0.1, -0.05) is 41.0 Å². The molecule has 23 heavy (non-hydrogen) atoms. The van der Waals surface area contributed by atoms with Crippen molar-refractivity contribution in [1.82, 2.24) is 0 Å². The van der Waals surface area contributed by atoms with E-state index in [-0.39, 0.29) is 5.41 Å². The molecule has 10 atom stereocenters. The van der Waals surface area contributed by atoms with Crippen LogP contribution in [0.3, 0.4) is 0 Å². The fourth-order valence-electron chi connectivity index (χ4n) is 8.13. The molecule has 130 valence electrons. The van der Waals surface area contributed by atoms with E-state index >= 15 is 0 Å². The third kappa shape index (κ3) is 2.13. The number of hydrogen-bond acceptors (Lipinski definition) is 1. The lowest BCUT2D eigenvalue weighted by molar-refractivity contribution is -0.151. The van der Waals surface area contributed by atoms with Crippen LogP contribution in [0.25, 0.3) is 0 Å². The summed E-state index contributed by atoms with van der Waals surface area (Å²) in [6.07, 6.45) is 7.60. The number of ketones is 1. The zero-order valence-corrected chi connectivity index (χ0v) is 15.8. The summed E-state index contributed by atoms with van der Waals surface area (Å²) in [6.45, 7) is 12.4. The Labute approximate surface area is 143 Å². The lowest BCUT2D eigenvalue weighted by atomic mass is 9.43. The largest absolute Gasteiger partial charge is 0.299 e. The number of carbonyl (C=O) groups is 1. The quantitative estimate of drug-likeness (QED) is 0.570. The monoisotopic (exact) mass is 316 g/mol. The van der Waals surface area contributed by atoms with Crippen molar-refractivity contribution in [2.45, 2.75) is 73.1 Å². The number of hydrogen-bond donors (Lipinski definition) is 0. The zero-order chi connectivity index (χ0) is 16.5. The van der Waals surface area contributed by atoms with Crippen LogP contribution in [0.4, 0.5) is 0 Å². The number of carbonyl (C=O) groups excluding carboxylic acids is 1. The Morgan fingerprint density at radius 3 is 2.39 bits per heavy atom. The van der Waals surface area contributed by atoms with Crippen LogP contribution in [-0.2, 0) is 4.79 Å². The molecule has 4 aliphatic carbocycles. The van der Waals surface area contributed by atoms with Crippen LogP contribution >= 0.6 is 0 Å². The van der Waals surface area contributed by atoms with Gasteiger partial charge >= 0.3 is 0 Å². The third-order valence-electron chi connectivity index (χ3n) is 9.27. The SMILES string of the molecule is CC1CCC2C(C1)C(C)C(C)C1C2C(C)C[C@]2(C)C(=O)CCC12. The topological polar surface area (TPSA) is 17.1 Å². The molecule has 0 bridgehead atoms. The summed E-state index contributed by atoms with van der Waals surface area (Å²) in [7, 11) is 0. The van der Waals surface area contributed by atoms with Crippen molar-refractivity contribution in [3.8, 4) is 0 Å². The fraction of sp³-hybridized carbons (Fsp3) is 0.955. The predicted molar refractivity (Wildman–Crippen MR) is 94.9 cm³/mol. The van der Waals surface area contributed by atoms with E-state index in [2.05, 4.69) is 34.6 Å². The normalized spacial score (nSPS) is 59.2. The van der Waals surface area contributed by atoms with Crippen LogP contribution in [0.1, 0.15) is 73.1 Å². The maximum absolute atomic E-state index is 12.7. The van der Waals surface area contributed by atoms with E-state index in [9.17, 15) is 4.79 Å². The third-order valence-corrected chi connectivity index (χ3v) is 9.27. The molecule has 4 rings (SSSR count). The molecule has 0 aromatic heterocycles. The standard InChI is InChI=1S/C22H36O/c1-12-6-7-16-17(10-12)14(3)15(4)21-18-8-9-19(23)22(18,5)11-13(2)20(16)21/h12-18,20-21H,6-11H2,1-5H3/t12?,13?,14?,15?,16?,17?,18?,20?,21?,22-/m0/s1. The lowest BCUT2D eigenvalue weighted by Gasteiger charge is -2.61. The van der Waals surface area contributed by atoms with Gasteiger partial charge in [-0.05, 0) is 78.9 Å². The van der Waals surface area contributed by atoms with Crippen LogP contribution in [0.15, 0.2) is 0 Å². The Bertz CT molecular complexity index is 496. The highest BCUT2D eigenvalue weighted by Crippen LogP contribution is 2.65. The van der Waals surface area contributed by atoms with Crippen LogP contribution in [0.2, 0.25) is 0 Å². The van der Waals surface area contributed by atoms with E-state index < -0.39 is 0 Å². The van der Waals surface area contributed by atoms with Gasteiger partial charge in [0.25, 0.3) is 0 Å². The molecule has 0 aliphatic heterocycles. The van der Waals surface area contributed by atoms with Gasteiger partial charge in [0.05, 0.1) is 0 Å². The second-order valence-electron chi connectivity index (χ2n) is 10.3. The van der Waals surface area contributed by atoms with E-state index in [0.717, 1.165) is 53.8 Å². The van der Waals surface area contributed by atoms with Crippen molar-refractivity contribution < 1.29 is 4.79 Å². The van der Waals surface area contributed by atoms with E-state index in [0.29, 0.717) is 11.7 Å². The second kappa shape index (κ2) is 5.33. The summed E-state index contributed by atoms with van der Waals surface area (Å²) in [5.74, 6) is 8.26. The summed E-state index contributed by atoms with van der Waals surface area (Å²) in [6, 6.07) is 0. The Morgan fingerprint density at radius 1 is 0.913 bits per heavy atom. The van der Waals surface area contributed by atoms with Gasteiger partial charge in [0.1, 0.15) is 5.78 Å². The molecule has 0 amide bonds. The molecule has 4 aliphatic rings. The molecule has 0 heterocycles. The van der Waals surface area contributed by atoms with Crippen LogP contribution in [0, 0.1) is 58.7 Å². The Balaban J connectivity index is 1.72. The molecule has 0 aromatic carbocycles. The van der Waals surface area contributed by atoms with Crippen LogP contribution < -0.4 is 0 Å². The van der Waals surface area contributed by atoms with E-state index in [4.69, 9.17) is 0 Å². The van der Waals surface area contributed by atoms with E-state index in [1.54, 1.807) is 0 Å². The van der Waals surface area contributed by atoms with Gasteiger partial charge in [0, 0.05) is 11.8 Å². The first kappa shape index (κ1) is 16.2. The molecular weight excluding hydrogens is 280 g/mol. The Hall–Kier alpha value is -0.330. The van der Waals surface area contributed by atoms with Gasteiger partial charge < -0.3 is 0 Å². The molecule has 0 aromatic rings. The molecule has 0 radical (unpaired) electrons. The molecule has 9 unspecified atom stereocenters. The summed E-state index contributed by atoms with van der Waals surface area (Å²) in [4.78, 5) is 12.7. The number of Topliss-reactive ketones (excluding diaryl/α,β-unsaturated/α-hetero) is 1. The van der Waals surface area contributed by atoms with Gasteiger partial charge in [-0.3, -0.25) is 4.79 Å². The first-order valence-electron chi connectivity index (χ1n) is 10.4. The summed E-state index contributed by atoms with van der Waals surface area (Å²) >= 11 is 0. The van der Waals surface area contributed by atoms with Gasteiger partial charge in [-0.15, -0.1) is 0 Å². The van der Waals surface area contributed by atoms with Gasteiger partial charge in [0.15, 0.2) is 0 Å². The van der Waals surface area contributed by atoms with Crippen molar-refractivity contribution in [2.75, 3.05) is 0 Å². The van der Waals surface area contributed by atoms with Crippen molar-refractivity contribution in [3.63, 3.8) is 0 Å². The molecule has 1 nitrogen and oxygen atoms in total.